The van der Waals surface area contributed by atoms with E-state index in [0.29, 0.717) is 6.61 Å². The monoisotopic (exact) mass is 287 g/mol. The maximum absolute atomic E-state index is 5.07. The molecular formula is C11H18BrN3O. The third-order valence-electron chi connectivity index (χ3n) is 2.07. The predicted octanol–water partition coefficient (Wildman–Crippen LogP) is 2.77. The molecule has 1 aromatic rings. The van der Waals surface area contributed by atoms with Crippen molar-refractivity contribution in [3.63, 3.8) is 0 Å². The lowest BCUT2D eigenvalue weighted by Gasteiger charge is -2.11. The van der Waals surface area contributed by atoms with E-state index in [-0.39, 0.29) is 0 Å². The molecule has 1 rings (SSSR count). The molecule has 0 radical (unpaired) electrons. The summed E-state index contributed by atoms with van der Waals surface area (Å²) in [5.74, 6) is 1.58. The second-order valence-corrected chi connectivity index (χ2v) is 4.26. The average Bonchev–Trinajstić information content (AvgIpc) is 2.26. The van der Waals surface area contributed by atoms with Crippen molar-refractivity contribution in [1.82, 2.24) is 9.97 Å². The molecule has 1 aromatic heterocycles. The van der Waals surface area contributed by atoms with Crippen molar-refractivity contribution in [2.45, 2.75) is 33.3 Å². The summed E-state index contributed by atoms with van der Waals surface area (Å²) in [6.07, 6.45) is 2.01. The maximum atomic E-state index is 5.07. The summed E-state index contributed by atoms with van der Waals surface area (Å²) < 4.78 is 6.03. The normalized spacial score (nSPS) is 10.5. The van der Waals surface area contributed by atoms with E-state index in [1.54, 1.807) is 7.11 Å². The second-order valence-electron chi connectivity index (χ2n) is 3.46. The number of nitrogens with zero attached hydrogens (tertiary/aromatic N) is 2. The van der Waals surface area contributed by atoms with E-state index in [1.807, 2.05) is 6.92 Å². The summed E-state index contributed by atoms with van der Waals surface area (Å²) in [6.45, 7) is 5.47. The highest BCUT2D eigenvalue weighted by atomic mass is 79.9. The first-order valence-electron chi connectivity index (χ1n) is 5.51. The number of aromatic nitrogens is 2. The first-order chi connectivity index (χ1) is 7.72. The molecule has 16 heavy (non-hydrogen) atoms. The molecule has 0 aromatic carbocycles. The topological polar surface area (TPSA) is 47.0 Å². The number of halogens is 1. The van der Waals surface area contributed by atoms with Crippen LogP contribution < -0.4 is 5.32 Å². The lowest BCUT2D eigenvalue weighted by Crippen LogP contribution is -2.08. The van der Waals surface area contributed by atoms with Gasteiger partial charge in [-0.05, 0) is 29.3 Å². The first-order valence-corrected chi connectivity index (χ1v) is 6.30. The van der Waals surface area contributed by atoms with Gasteiger partial charge in [-0.2, -0.15) is 0 Å². The molecule has 0 aliphatic rings. The Morgan fingerprint density at radius 3 is 2.62 bits per heavy atom. The van der Waals surface area contributed by atoms with Crippen LogP contribution in [0.25, 0.3) is 0 Å². The number of rotatable bonds is 6. The van der Waals surface area contributed by atoms with Crippen LogP contribution in [0.5, 0.6) is 0 Å². The number of methoxy groups -OCH3 is 1. The van der Waals surface area contributed by atoms with Crippen LogP contribution in [0.1, 0.15) is 31.8 Å². The zero-order valence-electron chi connectivity index (χ0n) is 10.0. The lowest BCUT2D eigenvalue weighted by molar-refractivity contribution is 0.177. The van der Waals surface area contributed by atoms with Crippen LogP contribution in [0.15, 0.2) is 4.47 Å². The van der Waals surface area contributed by atoms with Gasteiger partial charge in [0.25, 0.3) is 0 Å². The molecule has 0 saturated carbocycles. The zero-order chi connectivity index (χ0) is 12.0. The van der Waals surface area contributed by atoms with Gasteiger partial charge in [-0.25, -0.2) is 9.97 Å². The minimum absolute atomic E-state index is 0.447. The van der Waals surface area contributed by atoms with Crippen molar-refractivity contribution in [3.05, 3.63) is 16.0 Å². The molecule has 0 unspecified atom stereocenters. The maximum Gasteiger partial charge on any atom is 0.156 e. The van der Waals surface area contributed by atoms with Crippen molar-refractivity contribution >= 4 is 21.7 Å². The molecule has 1 N–H and O–H groups in total. The van der Waals surface area contributed by atoms with Gasteiger partial charge < -0.3 is 10.1 Å². The summed E-state index contributed by atoms with van der Waals surface area (Å²) in [5.41, 5.74) is 1.04. The van der Waals surface area contributed by atoms with Crippen LogP contribution in [-0.4, -0.2) is 23.6 Å². The van der Waals surface area contributed by atoms with Crippen LogP contribution in [0, 0.1) is 0 Å². The summed E-state index contributed by atoms with van der Waals surface area (Å²) in [7, 11) is 1.65. The van der Waals surface area contributed by atoms with E-state index in [2.05, 4.69) is 38.1 Å². The van der Waals surface area contributed by atoms with Gasteiger partial charge in [0.1, 0.15) is 12.4 Å². The SMILES string of the molecule is CCCc1nc(COC)nc(NCC)c1Br. The summed E-state index contributed by atoms with van der Waals surface area (Å²) in [4.78, 5) is 8.87. The molecule has 4 nitrogen and oxygen atoms in total. The third kappa shape index (κ3) is 3.42. The third-order valence-corrected chi connectivity index (χ3v) is 2.90. The van der Waals surface area contributed by atoms with Crippen LogP contribution >= 0.6 is 15.9 Å². The summed E-state index contributed by atoms with van der Waals surface area (Å²) >= 11 is 3.54. The Morgan fingerprint density at radius 2 is 2.06 bits per heavy atom. The number of aryl methyl sites for hydroxylation is 1. The van der Waals surface area contributed by atoms with Crippen molar-refractivity contribution in [1.29, 1.82) is 0 Å². The van der Waals surface area contributed by atoms with Gasteiger partial charge in [-0.3, -0.25) is 0 Å². The minimum Gasteiger partial charge on any atom is -0.377 e. The number of anilines is 1. The van der Waals surface area contributed by atoms with Crippen LogP contribution in [0.2, 0.25) is 0 Å². The molecule has 0 bridgehead atoms. The molecule has 0 aliphatic heterocycles. The fraction of sp³-hybridized carbons (Fsp3) is 0.636. The molecular weight excluding hydrogens is 270 g/mol. The molecule has 0 amide bonds. The summed E-state index contributed by atoms with van der Waals surface area (Å²) in [6, 6.07) is 0. The van der Waals surface area contributed by atoms with Gasteiger partial charge in [0.05, 0.1) is 10.2 Å². The van der Waals surface area contributed by atoms with E-state index in [0.717, 1.165) is 41.2 Å². The van der Waals surface area contributed by atoms with Crippen molar-refractivity contribution in [3.8, 4) is 0 Å². The van der Waals surface area contributed by atoms with Crippen molar-refractivity contribution < 1.29 is 4.74 Å². The Bertz CT molecular complexity index is 317. The second kappa shape index (κ2) is 6.81. The quantitative estimate of drug-likeness (QED) is 0.874. The van der Waals surface area contributed by atoms with Crippen molar-refractivity contribution in [2.24, 2.45) is 0 Å². The van der Waals surface area contributed by atoms with E-state index in [9.17, 15) is 0 Å². The smallest absolute Gasteiger partial charge is 0.156 e. The largest absolute Gasteiger partial charge is 0.377 e. The van der Waals surface area contributed by atoms with Gasteiger partial charge in [0.2, 0.25) is 0 Å². The van der Waals surface area contributed by atoms with Crippen LogP contribution in [0.3, 0.4) is 0 Å². The number of hydrogen-bond acceptors (Lipinski definition) is 4. The van der Waals surface area contributed by atoms with Gasteiger partial charge >= 0.3 is 0 Å². The zero-order valence-corrected chi connectivity index (χ0v) is 11.6. The molecule has 90 valence electrons. The first kappa shape index (κ1) is 13.4. The molecule has 5 heteroatoms. The Kier molecular flexibility index (Phi) is 5.69. The number of hydrogen-bond donors (Lipinski definition) is 1. The Balaban J connectivity index is 3.05. The highest BCUT2D eigenvalue weighted by molar-refractivity contribution is 9.10. The van der Waals surface area contributed by atoms with Gasteiger partial charge in [-0.15, -0.1) is 0 Å². The molecule has 0 atom stereocenters. The highest BCUT2D eigenvalue weighted by Crippen LogP contribution is 2.24. The molecule has 0 spiro atoms. The van der Waals surface area contributed by atoms with E-state index < -0.39 is 0 Å². The fourth-order valence-corrected chi connectivity index (χ4v) is 1.94. The molecule has 0 aliphatic carbocycles. The Morgan fingerprint density at radius 1 is 1.31 bits per heavy atom. The molecule has 1 heterocycles. The number of ether oxygens (including phenoxy) is 1. The predicted molar refractivity (Wildman–Crippen MR) is 68.6 cm³/mol. The minimum atomic E-state index is 0.447. The van der Waals surface area contributed by atoms with Crippen LogP contribution in [-0.2, 0) is 17.8 Å². The standard InChI is InChI=1S/C11H18BrN3O/c1-4-6-8-10(12)11(13-5-2)15-9(14-8)7-16-3/h4-7H2,1-3H3,(H,13,14,15). The highest BCUT2D eigenvalue weighted by Gasteiger charge is 2.10. The lowest BCUT2D eigenvalue weighted by atomic mass is 10.2. The summed E-state index contributed by atoms with van der Waals surface area (Å²) in [5, 5.41) is 3.22. The molecule has 0 saturated heterocycles. The number of nitrogens with one attached hydrogen (secondary N) is 1. The van der Waals surface area contributed by atoms with Gasteiger partial charge in [0.15, 0.2) is 5.82 Å². The Labute approximate surface area is 105 Å². The Hall–Kier alpha value is -0.680. The van der Waals surface area contributed by atoms with E-state index in [1.165, 1.54) is 0 Å². The van der Waals surface area contributed by atoms with Crippen LogP contribution in [0.4, 0.5) is 5.82 Å². The van der Waals surface area contributed by atoms with E-state index >= 15 is 0 Å². The fourth-order valence-electron chi connectivity index (χ4n) is 1.43. The van der Waals surface area contributed by atoms with E-state index in [4.69, 9.17) is 4.74 Å². The van der Waals surface area contributed by atoms with Gasteiger partial charge in [0, 0.05) is 13.7 Å². The average molecular weight is 288 g/mol. The molecule has 0 fully saturated rings. The van der Waals surface area contributed by atoms with Gasteiger partial charge in [-0.1, -0.05) is 13.3 Å². The van der Waals surface area contributed by atoms with Crippen molar-refractivity contribution in [2.75, 3.05) is 19.0 Å².